The summed E-state index contributed by atoms with van der Waals surface area (Å²) in [6.07, 6.45) is 0. The molecular formula is C19H14ClFN4O3. The minimum absolute atomic E-state index is 0.00651. The lowest BCUT2D eigenvalue weighted by atomic mass is 9.91. The maximum absolute atomic E-state index is 13.1. The number of hydrogen-bond acceptors (Lipinski definition) is 4. The Hall–Kier alpha value is -3.44. The fraction of sp³-hybridized carbons (Fsp3) is 0.158. The average Bonchev–Trinajstić information content (AvgIpc) is 2.88. The van der Waals surface area contributed by atoms with Crippen molar-refractivity contribution >= 4 is 35.1 Å². The second-order valence-electron chi connectivity index (χ2n) is 6.31. The molecule has 1 aliphatic rings. The molecule has 0 saturated carbocycles. The molecular weight excluding hydrogens is 387 g/mol. The molecule has 0 aliphatic carbocycles. The van der Waals surface area contributed by atoms with Crippen LogP contribution in [0.15, 0.2) is 42.5 Å². The molecule has 142 valence electrons. The molecule has 1 saturated heterocycles. The molecule has 2 aromatic carbocycles. The summed E-state index contributed by atoms with van der Waals surface area (Å²) in [5, 5.41) is 13.9. The lowest BCUT2D eigenvalue weighted by molar-refractivity contribution is -0.133. The molecule has 1 heterocycles. The summed E-state index contributed by atoms with van der Waals surface area (Å²) in [6, 6.07) is 10.9. The van der Waals surface area contributed by atoms with Crippen LogP contribution in [-0.4, -0.2) is 29.3 Å². The number of nitriles is 1. The summed E-state index contributed by atoms with van der Waals surface area (Å²) in [6.45, 7) is 0.980. The fourth-order valence-electron chi connectivity index (χ4n) is 2.84. The zero-order valence-corrected chi connectivity index (χ0v) is 15.4. The van der Waals surface area contributed by atoms with Gasteiger partial charge in [0.1, 0.15) is 17.9 Å². The summed E-state index contributed by atoms with van der Waals surface area (Å²) >= 11 is 5.86. The van der Waals surface area contributed by atoms with E-state index in [1.165, 1.54) is 25.1 Å². The number of imide groups is 1. The van der Waals surface area contributed by atoms with Gasteiger partial charge in [0.15, 0.2) is 0 Å². The minimum atomic E-state index is -1.36. The van der Waals surface area contributed by atoms with Crippen molar-refractivity contribution in [1.29, 1.82) is 5.26 Å². The molecule has 1 aliphatic heterocycles. The number of nitrogens with one attached hydrogen (secondary N) is 2. The van der Waals surface area contributed by atoms with Gasteiger partial charge >= 0.3 is 6.03 Å². The first-order valence-electron chi connectivity index (χ1n) is 8.14. The van der Waals surface area contributed by atoms with E-state index in [1.54, 1.807) is 12.1 Å². The summed E-state index contributed by atoms with van der Waals surface area (Å²) in [5.74, 6) is -1.83. The number of halogens is 2. The van der Waals surface area contributed by atoms with Gasteiger partial charge in [0, 0.05) is 0 Å². The maximum Gasteiger partial charge on any atom is 0.325 e. The van der Waals surface area contributed by atoms with E-state index in [4.69, 9.17) is 16.9 Å². The van der Waals surface area contributed by atoms with Crippen LogP contribution in [0.4, 0.5) is 14.9 Å². The Morgan fingerprint density at radius 3 is 2.57 bits per heavy atom. The van der Waals surface area contributed by atoms with Gasteiger partial charge in [0.2, 0.25) is 5.91 Å². The third kappa shape index (κ3) is 3.52. The van der Waals surface area contributed by atoms with Gasteiger partial charge in [0.25, 0.3) is 5.91 Å². The van der Waals surface area contributed by atoms with Crippen LogP contribution in [0, 0.1) is 17.1 Å². The highest BCUT2D eigenvalue weighted by Crippen LogP contribution is 2.29. The number of rotatable bonds is 4. The first kappa shape index (κ1) is 19.3. The molecule has 0 aromatic heterocycles. The minimum Gasteiger partial charge on any atom is -0.323 e. The van der Waals surface area contributed by atoms with Crippen molar-refractivity contribution in [2.45, 2.75) is 12.5 Å². The first-order valence-corrected chi connectivity index (χ1v) is 8.52. The second kappa shape index (κ2) is 7.29. The van der Waals surface area contributed by atoms with Gasteiger partial charge in [-0.05, 0) is 42.8 Å². The van der Waals surface area contributed by atoms with Gasteiger partial charge in [-0.25, -0.2) is 9.18 Å². The molecule has 2 aromatic rings. The van der Waals surface area contributed by atoms with E-state index >= 15 is 0 Å². The van der Waals surface area contributed by atoms with Gasteiger partial charge in [-0.2, -0.15) is 5.26 Å². The standard InChI is InChI=1S/C19H14ClFN4O3/c1-19(12-4-2-11(9-22)3-5-12)17(27)25(18(28)24-19)10-16(26)23-15-7-6-13(21)8-14(15)20/h2-8H,10H2,1H3,(H,23,26)(H,24,28). The molecule has 0 spiro atoms. The van der Waals surface area contributed by atoms with E-state index in [0.29, 0.717) is 11.1 Å². The average molecular weight is 401 g/mol. The smallest absolute Gasteiger partial charge is 0.323 e. The van der Waals surface area contributed by atoms with Crippen LogP contribution >= 0.6 is 11.6 Å². The van der Waals surface area contributed by atoms with Crippen LogP contribution in [0.5, 0.6) is 0 Å². The van der Waals surface area contributed by atoms with Crippen molar-refractivity contribution in [3.05, 3.63) is 64.4 Å². The number of nitrogens with zero attached hydrogens (tertiary/aromatic N) is 2. The molecule has 1 fully saturated rings. The highest BCUT2D eigenvalue weighted by molar-refractivity contribution is 6.33. The lowest BCUT2D eigenvalue weighted by Gasteiger charge is -2.22. The van der Waals surface area contributed by atoms with Gasteiger partial charge in [-0.15, -0.1) is 0 Å². The number of amides is 4. The zero-order valence-electron chi connectivity index (χ0n) is 14.6. The largest absolute Gasteiger partial charge is 0.325 e. The van der Waals surface area contributed by atoms with Crippen molar-refractivity contribution in [2.75, 3.05) is 11.9 Å². The molecule has 0 radical (unpaired) electrons. The van der Waals surface area contributed by atoms with Gasteiger partial charge in [-0.1, -0.05) is 23.7 Å². The van der Waals surface area contributed by atoms with Crippen molar-refractivity contribution in [3.8, 4) is 6.07 Å². The van der Waals surface area contributed by atoms with E-state index in [9.17, 15) is 18.8 Å². The Morgan fingerprint density at radius 2 is 1.96 bits per heavy atom. The van der Waals surface area contributed by atoms with Gasteiger partial charge in [0.05, 0.1) is 22.3 Å². The van der Waals surface area contributed by atoms with E-state index < -0.39 is 35.7 Å². The fourth-order valence-corrected chi connectivity index (χ4v) is 3.05. The number of anilines is 1. The SMILES string of the molecule is CC1(c2ccc(C#N)cc2)NC(=O)N(CC(=O)Nc2ccc(F)cc2Cl)C1=O. The second-order valence-corrected chi connectivity index (χ2v) is 6.72. The summed E-state index contributed by atoms with van der Waals surface area (Å²) in [7, 11) is 0. The molecule has 7 nitrogen and oxygen atoms in total. The molecule has 1 atom stereocenters. The highest BCUT2D eigenvalue weighted by Gasteiger charge is 2.49. The third-order valence-electron chi connectivity index (χ3n) is 4.37. The Bertz CT molecular complexity index is 1020. The van der Waals surface area contributed by atoms with Crippen LogP contribution in [0.2, 0.25) is 5.02 Å². The normalized spacial score (nSPS) is 18.6. The Labute approximate surface area is 164 Å². The number of urea groups is 1. The van der Waals surface area contributed by atoms with E-state index in [0.717, 1.165) is 17.0 Å². The predicted octanol–water partition coefficient (Wildman–Crippen LogP) is 2.76. The molecule has 1 unspecified atom stereocenters. The maximum atomic E-state index is 13.1. The van der Waals surface area contributed by atoms with Crippen LogP contribution < -0.4 is 10.6 Å². The Morgan fingerprint density at radius 1 is 1.29 bits per heavy atom. The molecule has 28 heavy (non-hydrogen) atoms. The zero-order chi connectivity index (χ0) is 20.5. The third-order valence-corrected chi connectivity index (χ3v) is 4.69. The number of carbonyl (C=O) groups is 3. The predicted molar refractivity (Wildman–Crippen MR) is 98.8 cm³/mol. The highest BCUT2D eigenvalue weighted by atomic mass is 35.5. The summed E-state index contributed by atoms with van der Waals surface area (Å²) < 4.78 is 13.1. The number of hydrogen-bond donors (Lipinski definition) is 2. The Kier molecular flexibility index (Phi) is 5.03. The molecule has 0 bridgehead atoms. The lowest BCUT2D eigenvalue weighted by Crippen LogP contribution is -2.42. The van der Waals surface area contributed by atoms with Crippen LogP contribution in [0.3, 0.4) is 0 Å². The van der Waals surface area contributed by atoms with Crippen LogP contribution in [0.1, 0.15) is 18.1 Å². The Balaban J connectivity index is 1.76. The summed E-state index contributed by atoms with van der Waals surface area (Å²) in [5.41, 5.74) is -0.306. The molecule has 4 amide bonds. The van der Waals surface area contributed by atoms with Crippen molar-refractivity contribution in [2.24, 2.45) is 0 Å². The first-order chi connectivity index (χ1) is 13.2. The number of carbonyl (C=O) groups excluding carboxylic acids is 3. The monoisotopic (exact) mass is 400 g/mol. The van der Waals surface area contributed by atoms with Gasteiger partial charge < -0.3 is 10.6 Å². The van der Waals surface area contributed by atoms with Crippen molar-refractivity contribution in [3.63, 3.8) is 0 Å². The van der Waals surface area contributed by atoms with Gasteiger partial charge in [-0.3, -0.25) is 14.5 Å². The van der Waals surface area contributed by atoms with Crippen molar-refractivity contribution in [1.82, 2.24) is 10.2 Å². The van der Waals surface area contributed by atoms with Crippen LogP contribution in [-0.2, 0) is 15.1 Å². The molecule has 2 N–H and O–H groups in total. The van der Waals surface area contributed by atoms with E-state index in [-0.39, 0.29) is 10.7 Å². The molecule has 3 rings (SSSR count). The van der Waals surface area contributed by atoms with Crippen molar-refractivity contribution < 1.29 is 18.8 Å². The van der Waals surface area contributed by atoms with E-state index in [2.05, 4.69) is 10.6 Å². The quantitative estimate of drug-likeness (QED) is 0.770. The topological polar surface area (TPSA) is 102 Å². The van der Waals surface area contributed by atoms with Crippen LogP contribution in [0.25, 0.3) is 0 Å². The molecule has 9 heteroatoms. The summed E-state index contributed by atoms with van der Waals surface area (Å²) in [4.78, 5) is 38.1. The van der Waals surface area contributed by atoms with E-state index in [1.807, 2.05) is 6.07 Å². The number of benzene rings is 2.